The second kappa shape index (κ2) is 10.2. The molecule has 0 aromatic carbocycles. The number of carbonyl (C=O) groups excluding carboxylic acids is 1. The van der Waals surface area contributed by atoms with Gasteiger partial charge in [-0.2, -0.15) is 0 Å². The quantitative estimate of drug-likeness (QED) is 0.691. The molecule has 28 heavy (non-hydrogen) atoms. The number of amides is 1. The summed E-state index contributed by atoms with van der Waals surface area (Å²) >= 11 is 0. The fraction of sp³-hybridized carbons (Fsp3) is 0.571. The number of hydrogen-bond donors (Lipinski definition) is 2. The molecule has 1 aliphatic heterocycles. The monoisotopic (exact) mass is 385 g/mol. The zero-order chi connectivity index (χ0) is 19.8. The van der Waals surface area contributed by atoms with E-state index in [1.54, 1.807) is 24.9 Å². The summed E-state index contributed by atoms with van der Waals surface area (Å²) in [5, 5.41) is 3.09. The number of carbonyl (C=O) groups is 1. The third-order valence-corrected chi connectivity index (χ3v) is 4.98. The second-order valence-corrected chi connectivity index (χ2v) is 8.03. The molecular formula is C21H31N5O2. The van der Waals surface area contributed by atoms with Crippen molar-refractivity contribution in [2.45, 2.75) is 26.7 Å². The summed E-state index contributed by atoms with van der Waals surface area (Å²) in [6.45, 7) is 8.45. The van der Waals surface area contributed by atoms with Gasteiger partial charge in [0, 0.05) is 56.6 Å². The van der Waals surface area contributed by atoms with E-state index in [1.807, 2.05) is 12.1 Å². The van der Waals surface area contributed by atoms with Crippen LogP contribution in [0, 0.1) is 17.8 Å². The van der Waals surface area contributed by atoms with Crippen LogP contribution in [0.25, 0.3) is 0 Å². The largest absolute Gasteiger partial charge is 0.492 e. The first-order chi connectivity index (χ1) is 13.6. The molecular weight excluding hydrogens is 354 g/mol. The lowest BCUT2D eigenvalue weighted by Crippen LogP contribution is -2.48. The van der Waals surface area contributed by atoms with E-state index in [4.69, 9.17) is 4.74 Å². The van der Waals surface area contributed by atoms with Crippen LogP contribution in [0.15, 0.2) is 37.1 Å². The molecule has 1 fully saturated rings. The topological polar surface area (TPSA) is 83.1 Å². The predicted octanol–water partition coefficient (Wildman–Crippen LogP) is 2.14. The lowest BCUT2D eigenvalue weighted by Gasteiger charge is -2.37. The van der Waals surface area contributed by atoms with Gasteiger partial charge in [-0.05, 0) is 24.5 Å². The molecule has 2 atom stereocenters. The molecule has 0 aliphatic carbocycles. The van der Waals surface area contributed by atoms with Gasteiger partial charge in [0.25, 0.3) is 0 Å². The van der Waals surface area contributed by atoms with Crippen LogP contribution in [0.1, 0.15) is 26.0 Å². The average Bonchev–Trinajstić information content (AvgIpc) is 3.20. The molecule has 1 amide bonds. The number of imidazole rings is 1. The Hall–Kier alpha value is -2.41. The maximum atomic E-state index is 12.8. The first-order valence-corrected chi connectivity index (χ1v) is 10.1. The van der Waals surface area contributed by atoms with Crippen LogP contribution >= 0.6 is 0 Å². The second-order valence-electron chi connectivity index (χ2n) is 8.03. The maximum absolute atomic E-state index is 12.8. The molecule has 7 heteroatoms. The van der Waals surface area contributed by atoms with Crippen LogP contribution in [0.3, 0.4) is 0 Å². The van der Waals surface area contributed by atoms with Gasteiger partial charge in [0.15, 0.2) is 0 Å². The van der Waals surface area contributed by atoms with Gasteiger partial charge in [-0.15, -0.1) is 0 Å². The minimum atomic E-state index is -0.00300. The molecule has 3 heterocycles. The summed E-state index contributed by atoms with van der Waals surface area (Å²) in [5.41, 5.74) is 1.04. The summed E-state index contributed by atoms with van der Waals surface area (Å²) in [4.78, 5) is 26.3. The molecule has 1 aliphatic rings. The Morgan fingerprint density at radius 1 is 1.36 bits per heavy atom. The van der Waals surface area contributed by atoms with Crippen molar-refractivity contribution in [2.24, 2.45) is 17.8 Å². The van der Waals surface area contributed by atoms with Gasteiger partial charge < -0.3 is 19.9 Å². The highest BCUT2D eigenvalue weighted by molar-refractivity contribution is 5.79. The van der Waals surface area contributed by atoms with E-state index in [9.17, 15) is 4.79 Å². The number of nitrogens with zero attached hydrogens (tertiary/aromatic N) is 3. The molecule has 2 aromatic rings. The van der Waals surface area contributed by atoms with Gasteiger partial charge in [0.1, 0.15) is 5.75 Å². The number of piperidine rings is 1. The standard InChI is InChI=1S/C21H31N5O2/c1-16(2)11-26-12-17(14-28-20-4-3-6-22-10-20)8-18(13-26)21(27)24-7-5-19-9-23-15-25-19/h3-4,6,9-10,15-18H,5,7-8,11-14H2,1-2H3,(H,23,25)(H,24,27)/t17-,18+/m0/s1. The summed E-state index contributed by atoms with van der Waals surface area (Å²) in [7, 11) is 0. The summed E-state index contributed by atoms with van der Waals surface area (Å²) in [6, 6.07) is 3.79. The van der Waals surface area contributed by atoms with Crippen LogP contribution in [0.5, 0.6) is 5.75 Å². The minimum Gasteiger partial charge on any atom is -0.492 e. The van der Waals surface area contributed by atoms with Crippen LogP contribution in [0.4, 0.5) is 0 Å². The van der Waals surface area contributed by atoms with Crippen molar-refractivity contribution in [1.82, 2.24) is 25.2 Å². The number of ether oxygens (including phenoxy) is 1. The van der Waals surface area contributed by atoms with Crippen molar-refractivity contribution >= 4 is 5.91 Å². The smallest absolute Gasteiger partial charge is 0.224 e. The van der Waals surface area contributed by atoms with Gasteiger partial charge in [0.2, 0.25) is 5.91 Å². The van der Waals surface area contributed by atoms with Crippen molar-refractivity contribution in [3.05, 3.63) is 42.7 Å². The van der Waals surface area contributed by atoms with Crippen molar-refractivity contribution in [3.63, 3.8) is 0 Å². The highest BCUT2D eigenvalue weighted by Crippen LogP contribution is 2.24. The first-order valence-electron chi connectivity index (χ1n) is 10.1. The third-order valence-electron chi connectivity index (χ3n) is 4.98. The number of nitrogens with one attached hydrogen (secondary N) is 2. The van der Waals surface area contributed by atoms with Crippen LogP contribution < -0.4 is 10.1 Å². The van der Waals surface area contributed by atoms with Gasteiger partial charge in [0.05, 0.1) is 25.0 Å². The predicted molar refractivity (Wildman–Crippen MR) is 108 cm³/mol. The van der Waals surface area contributed by atoms with Gasteiger partial charge in [-0.25, -0.2) is 4.98 Å². The Balaban J connectivity index is 1.53. The average molecular weight is 386 g/mol. The number of hydrogen-bond acceptors (Lipinski definition) is 5. The molecule has 1 saturated heterocycles. The van der Waals surface area contributed by atoms with E-state index in [0.29, 0.717) is 25.0 Å². The molecule has 2 aromatic heterocycles. The zero-order valence-electron chi connectivity index (χ0n) is 16.8. The molecule has 7 nitrogen and oxygen atoms in total. The Labute approximate surface area is 166 Å². The molecule has 2 N–H and O–H groups in total. The molecule has 3 rings (SSSR count). The zero-order valence-corrected chi connectivity index (χ0v) is 16.8. The van der Waals surface area contributed by atoms with Gasteiger partial charge >= 0.3 is 0 Å². The van der Waals surface area contributed by atoms with E-state index in [0.717, 1.165) is 43.9 Å². The maximum Gasteiger partial charge on any atom is 0.224 e. The Bertz CT molecular complexity index is 705. The third kappa shape index (κ3) is 6.34. The van der Waals surface area contributed by atoms with Gasteiger partial charge in [-0.3, -0.25) is 9.78 Å². The Morgan fingerprint density at radius 2 is 2.25 bits per heavy atom. The normalized spacial score (nSPS) is 20.2. The van der Waals surface area contributed by atoms with Crippen molar-refractivity contribution < 1.29 is 9.53 Å². The van der Waals surface area contributed by atoms with E-state index in [2.05, 4.69) is 39.0 Å². The van der Waals surface area contributed by atoms with Crippen molar-refractivity contribution in [3.8, 4) is 5.75 Å². The number of aromatic nitrogens is 3. The molecule has 0 bridgehead atoms. The summed E-state index contributed by atoms with van der Waals surface area (Å²) in [5.74, 6) is 1.82. The Kier molecular flexibility index (Phi) is 7.42. The molecule has 0 unspecified atom stereocenters. The fourth-order valence-corrected chi connectivity index (χ4v) is 3.81. The lowest BCUT2D eigenvalue weighted by molar-refractivity contribution is -0.127. The number of rotatable bonds is 9. The highest BCUT2D eigenvalue weighted by atomic mass is 16.5. The number of likely N-dealkylation sites (tertiary alicyclic amines) is 1. The van der Waals surface area contributed by atoms with Crippen LogP contribution in [0.2, 0.25) is 0 Å². The minimum absolute atomic E-state index is 0.00300. The molecule has 152 valence electrons. The number of aromatic amines is 1. The van der Waals surface area contributed by atoms with Crippen LogP contribution in [-0.2, 0) is 11.2 Å². The van der Waals surface area contributed by atoms with E-state index in [-0.39, 0.29) is 11.8 Å². The highest BCUT2D eigenvalue weighted by Gasteiger charge is 2.32. The van der Waals surface area contributed by atoms with E-state index in [1.165, 1.54) is 0 Å². The van der Waals surface area contributed by atoms with E-state index < -0.39 is 0 Å². The SMILES string of the molecule is CC(C)CN1C[C@@H](COc2cccnc2)C[C@@H](C(=O)NCCc2cnc[nH]2)C1. The fourth-order valence-electron chi connectivity index (χ4n) is 3.81. The summed E-state index contributed by atoms with van der Waals surface area (Å²) < 4.78 is 5.93. The number of pyridine rings is 1. The van der Waals surface area contributed by atoms with E-state index >= 15 is 0 Å². The van der Waals surface area contributed by atoms with Crippen molar-refractivity contribution in [1.29, 1.82) is 0 Å². The molecule has 0 radical (unpaired) electrons. The van der Waals surface area contributed by atoms with Crippen LogP contribution in [-0.4, -0.2) is 58.5 Å². The molecule has 0 saturated carbocycles. The lowest BCUT2D eigenvalue weighted by atomic mass is 9.88. The van der Waals surface area contributed by atoms with Gasteiger partial charge in [-0.1, -0.05) is 13.8 Å². The molecule has 0 spiro atoms. The summed E-state index contributed by atoms with van der Waals surface area (Å²) in [6.07, 6.45) is 8.54. The first kappa shape index (κ1) is 20.3. The van der Waals surface area contributed by atoms with Crippen molar-refractivity contribution in [2.75, 3.05) is 32.8 Å². The number of H-pyrrole nitrogens is 1. The Morgan fingerprint density at radius 3 is 2.96 bits per heavy atom.